The van der Waals surface area contributed by atoms with E-state index < -0.39 is 0 Å². The summed E-state index contributed by atoms with van der Waals surface area (Å²) in [6.45, 7) is 1.87. The van der Waals surface area contributed by atoms with Gasteiger partial charge in [0, 0.05) is 12.2 Å². The Morgan fingerprint density at radius 1 is 1.10 bits per heavy atom. The number of nitrogens with zero attached hydrogens (tertiary/aromatic N) is 4. The SMILES string of the molecule is CC(N)c1nc2ccccc2nc1-c1ccc(C#N)cn1. The molecule has 0 aliphatic heterocycles. The number of nitrogens with two attached hydrogens (primary N) is 1. The lowest BCUT2D eigenvalue weighted by Crippen LogP contribution is -2.11. The smallest absolute Gasteiger partial charge is 0.112 e. The van der Waals surface area contributed by atoms with E-state index in [4.69, 9.17) is 11.0 Å². The minimum Gasteiger partial charge on any atom is -0.323 e. The maximum absolute atomic E-state index is 8.85. The first-order valence-corrected chi connectivity index (χ1v) is 6.58. The molecule has 2 heterocycles. The van der Waals surface area contributed by atoms with Gasteiger partial charge >= 0.3 is 0 Å². The van der Waals surface area contributed by atoms with Crippen LogP contribution in [0, 0.1) is 11.3 Å². The number of pyridine rings is 1. The van der Waals surface area contributed by atoms with E-state index in [1.54, 1.807) is 12.1 Å². The molecule has 0 aliphatic carbocycles. The maximum Gasteiger partial charge on any atom is 0.112 e. The zero-order valence-electron chi connectivity index (χ0n) is 11.5. The zero-order chi connectivity index (χ0) is 14.8. The molecular weight excluding hydrogens is 262 g/mol. The van der Waals surface area contributed by atoms with Gasteiger partial charge < -0.3 is 5.73 Å². The van der Waals surface area contributed by atoms with E-state index in [9.17, 15) is 0 Å². The van der Waals surface area contributed by atoms with Crippen LogP contribution in [0.1, 0.15) is 24.2 Å². The monoisotopic (exact) mass is 275 g/mol. The molecule has 0 saturated carbocycles. The van der Waals surface area contributed by atoms with Crippen molar-refractivity contribution >= 4 is 11.0 Å². The Morgan fingerprint density at radius 2 is 1.81 bits per heavy atom. The highest BCUT2D eigenvalue weighted by molar-refractivity contribution is 5.77. The number of hydrogen-bond donors (Lipinski definition) is 1. The Labute approximate surface area is 122 Å². The van der Waals surface area contributed by atoms with E-state index in [1.807, 2.05) is 37.3 Å². The molecule has 5 nitrogen and oxygen atoms in total. The molecule has 3 aromatic rings. The Balaban J connectivity index is 2.23. The van der Waals surface area contributed by atoms with E-state index >= 15 is 0 Å². The Morgan fingerprint density at radius 3 is 2.38 bits per heavy atom. The van der Waals surface area contributed by atoms with Gasteiger partial charge in [-0.05, 0) is 31.2 Å². The number of rotatable bonds is 2. The topological polar surface area (TPSA) is 88.5 Å². The first-order valence-electron chi connectivity index (χ1n) is 6.58. The first-order chi connectivity index (χ1) is 10.2. The molecule has 0 saturated heterocycles. The second kappa shape index (κ2) is 5.27. The van der Waals surface area contributed by atoms with Gasteiger partial charge in [-0.2, -0.15) is 5.26 Å². The molecule has 21 heavy (non-hydrogen) atoms. The van der Waals surface area contributed by atoms with Gasteiger partial charge in [-0.1, -0.05) is 12.1 Å². The van der Waals surface area contributed by atoms with Crippen molar-refractivity contribution in [3.8, 4) is 17.5 Å². The lowest BCUT2D eigenvalue weighted by Gasteiger charge is -2.12. The van der Waals surface area contributed by atoms with Gasteiger partial charge in [-0.3, -0.25) is 4.98 Å². The third-order valence-electron chi connectivity index (χ3n) is 3.16. The average molecular weight is 275 g/mol. The van der Waals surface area contributed by atoms with Gasteiger partial charge in [0.15, 0.2) is 0 Å². The predicted octanol–water partition coefficient (Wildman–Crippen LogP) is 2.58. The second-order valence-corrected chi connectivity index (χ2v) is 4.78. The molecule has 0 spiro atoms. The highest BCUT2D eigenvalue weighted by Crippen LogP contribution is 2.25. The number of aromatic nitrogens is 3. The summed E-state index contributed by atoms with van der Waals surface area (Å²) in [5.74, 6) is 0. The normalized spacial score (nSPS) is 12.0. The van der Waals surface area contributed by atoms with Crippen molar-refractivity contribution in [2.75, 3.05) is 0 Å². The molecule has 0 bridgehead atoms. The number of benzene rings is 1. The van der Waals surface area contributed by atoms with Crippen LogP contribution in [0.4, 0.5) is 0 Å². The van der Waals surface area contributed by atoms with E-state index in [0.29, 0.717) is 22.6 Å². The van der Waals surface area contributed by atoms with Gasteiger partial charge in [0.25, 0.3) is 0 Å². The molecule has 2 aromatic heterocycles. The molecule has 1 atom stereocenters. The van der Waals surface area contributed by atoms with Crippen LogP contribution in [-0.2, 0) is 0 Å². The summed E-state index contributed by atoms with van der Waals surface area (Å²) in [5.41, 5.74) is 10.2. The van der Waals surface area contributed by atoms with E-state index in [0.717, 1.165) is 11.0 Å². The van der Waals surface area contributed by atoms with Gasteiger partial charge in [0.05, 0.1) is 28.0 Å². The highest BCUT2D eigenvalue weighted by Gasteiger charge is 2.15. The number of para-hydroxylation sites is 2. The minimum absolute atomic E-state index is 0.255. The molecule has 0 amide bonds. The van der Waals surface area contributed by atoms with E-state index in [1.165, 1.54) is 6.20 Å². The quantitative estimate of drug-likeness (QED) is 0.776. The van der Waals surface area contributed by atoms with E-state index in [-0.39, 0.29) is 6.04 Å². The fourth-order valence-corrected chi connectivity index (χ4v) is 2.12. The van der Waals surface area contributed by atoms with Crippen molar-refractivity contribution in [1.82, 2.24) is 15.0 Å². The molecule has 102 valence electrons. The summed E-state index contributed by atoms with van der Waals surface area (Å²) in [6.07, 6.45) is 1.52. The lowest BCUT2D eigenvalue weighted by atomic mass is 10.1. The van der Waals surface area contributed by atoms with Gasteiger partial charge in [0.2, 0.25) is 0 Å². The third-order valence-corrected chi connectivity index (χ3v) is 3.16. The van der Waals surface area contributed by atoms with Crippen molar-refractivity contribution < 1.29 is 0 Å². The first kappa shape index (κ1) is 13.2. The maximum atomic E-state index is 8.85. The summed E-state index contributed by atoms with van der Waals surface area (Å²) >= 11 is 0. The van der Waals surface area contributed by atoms with Crippen molar-refractivity contribution in [1.29, 1.82) is 5.26 Å². The molecular formula is C16H13N5. The molecule has 1 unspecified atom stereocenters. The van der Waals surface area contributed by atoms with Gasteiger partial charge in [-0.15, -0.1) is 0 Å². The number of hydrogen-bond acceptors (Lipinski definition) is 5. The Hall–Kier alpha value is -2.84. The second-order valence-electron chi connectivity index (χ2n) is 4.78. The molecule has 0 fully saturated rings. The summed E-state index contributed by atoms with van der Waals surface area (Å²) in [7, 11) is 0. The van der Waals surface area contributed by atoms with Crippen molar-refractivity contribution in [3.05, 3.63) is 53.9 Å². The van der Waals surface area contributed by atoms with Crippen molar-refractivity contribution in [3.63, 3.8) is 0 Å². The van der Waals surface area contributed by atoms with Crippen LogP contribution in [-0.4, -0.2) is 15.0 Å². The average Bonchev–Trinajstić information content (AvgIpc) is 2.53. The summed E-state index contributed by atoms with van der Waals surface area (Å²) in [6, 6.07) is 12.9. The largest absolute Gasteiger partial charge is 0.323 e. The van der Waals surface area contributed by atoms with Gasteiger partial charge in [-0.25, -0.2) is 9.97 Å². The predicted molar refractivity (Wildman–Crippen MR) is 80.1 cm³/mol. The summed E-state index contributed by atoms with van der Waals surface area (Å²) in [4.78, 5) is 13.5. The van der Waals surface area contributed by atoms with Crippen molar-refractivity contribution in [2.24, 2.45) is 5.73 Å². The van der Waals surface area contributed by atoms with Crippen LogP contribution in [0.5, 0.6) is 0 Å². The molecule has 1 aromatic carbocycles. The minimum atomic E-state index is -0.255. The van der Waals surface area contributed by atoms with Crippen LogP contribution in [0.15, 0.2) is 42.6 Å². The Kier molecular flexibility index (Phi) is 3.30. The van der Waals surface area contributed by atoms with Crippen LogP contribution in [0.2, 0.25) is 0 Å². The van der Waals surface area contributed by atoms with Gasteiger partial charge in [0.1, 0.15) is 11.8 Å². The van der Waals surface area contributed by atoms with Crippen LogP contribution < -0.4 is 5.73 Å². The summed E-state index contributed by atoms with van der Waals surface area (Å²) < 4.78 is 0. The third kappa shape index (κ3) is 2.45. The molecule has 0 aliphatic rings. The van der Waals surface area contributed by atoms with Crippen LogP contribution in [0.25, 0.3) is 22.4 Å². The van der Waals surface area contributed by atoms with Crippen LogP contribution >= 0.6 is 0 Å². The highest BCUT2D eigenvalue weighted by atomic mass is 14.9. The zero-order valence-corrected chi connectivity index (χ0v) is 11.5. The number of fused-ring (bicyclic) bond motifs is 1. The lowest BCUT2D eigenvalue weighted by molar-refractivity contribution is 0.782. The standard InChI is InChI=1S/C16H13N5/c1-10(18)15-16(14-7-6-11(8-17)9-19-14)21-13-5-3-2-4-12(13)20-15/h2-7,9-10H,18H2,1H3. The molecule has 3 rings (SSSR count). The Bertz CT molecular complexity index is 831. The van der Waals surface area contributed by atoms with Crippen molar-refractivity contribution in [2.45, 2.75) is 13.0 Å². The van der Waals surface area contributed by atoms with E-state index in [2.05, 4.69) is 15.0 Å². The fraction of sp³-hybridized carbons (Fsp3) is 0.125. The summed E-state index contributed by atoms with van der Waals surface area (Å²) in [5, 5.41) is 8.85. The molecule has 2 N–H and O–H groups in total. The molecule has 0 radical (unpaired) electrons. The van der Waals surface area contributed by atoms with Crippen LogP contribution in [0.3, 0.4) is 0 Å². The molecule has 5 heteroatoms. The fourth-order valence-electron chi connectivity index (χ4n) is 2.12. The number of nitriles is 1.